The molecule has 1 aliphatic heterocycles. The molecule has 15 heteroatoms. The van der Waals surface area contributed by atoms with E-state index >= 15 is 0 Å². The Balaban J connectivity index is 1.08. The van der Waals surface area contributed by atoms with E-state index in [0.717, 1.165) is 50.6 Å². The van der Waals surface area contributed by atoms with Crippen LogP contribution in [0.25, 0.3) is 5.69 Å². The van der Waals surface area contributed by atoms with E-state index in [1.165, 1.54) is 15.7 Å². The predicted molar refractivity (Wildman–Crippen MR) is 205 cm³/mol. The highest BCUT2D eigenvalue weighted by atomic mass is 16.6. The number of carbonyl (C=O) groups excluding carboxylic acids is 4. The summed E-state index contributed by atoms with van der Waals surface area (Å²) in [5.41, 5.74) is 0.294. The normalized spacial score (nSPS) is 20.7. The Bertz CT molecular complexity index is 1750. The van der Waals surface area contributed by atoms with Crippen LogP contribution in [0, 0.1) is 0 Å². The van der Waals surface area contributed by atoms with Crippen LogP contribution in [0.5, 0.6) is 0 Å². The molecule has 1 atom stereocenters. The smallest absolute Gasteiger partial charge is 0.408 e. The Morgan fingerprint density at radius 3 is 1.98 bits per heavy atom. The van der Waals surface area contributed by atoms with Gasteiger partial charge in [0.1, 0.15) is 22.6 Å². The van der Waals surface area contributed by atoms with E-state index in [0.29, 0.717) is 12.1 Å². The number of fused-ring (bicyclic) bond motifs is 1. The fraction of sp³-hybridized carbons (Fsp3) is 0.641. The third-order valence-corrected chi connectivity index (χ3v) is 9.86. The number of rotatable bonds is 7. The van der Waals surface area contributed by atoms with Crippen LogP contribution in [-0.4, -0.2) is 105 Å². The Morgan fingerprint density at radius 1 is 0.741 bits per heavy atom. The molecule has 4 N–H and O–H groups in total. The summed E-state index contributed by atoms with van der Waals surface area (Å²) in [7, 11) is 0. The second-order valence-electron chi connectivity index (χ2n) is 17.2. The third kappa shape index (κ3) is 11.2. The molecule has 3 aliphatic rings. The number of hydrogen-bond donors (Lipinski definition) is 4. The summed E-state index contributed by atoms with van der Waals surface area (Å²) in [5.74, 6) is -0.133. The highest BCUT2D eigenvalue weighted by Crippen LogP contribution is 2.27. The minimum Gasteiger partial charge on any atom is -0.444 e. The lowest BCUT2D eigenvalue weighted by Crippen LogP contribution is -2.60. The standard InChI is InChI=1S/C39H58N8O7/c1-37(2,3)53-35(51)41-28-14-12-27(13-15-28)40-29-11-9-26-24-30(16-10-25(26)23-29)47-18-17-31(43-34(47)50)42-33(49)46-21-19-45(20-22-46)32(48)39(7,8)44-36(52)54-38(4,5)6/h10,16-18,24,27-29,40H,9,11-15,19-23H2,1-8H3,(H,41,51)(H,44,52)(H,42,43,49,50)/t27-,28-,29?. The number of alkyl carbamates (subject to hydrolysis) is 2. The molecule has 54 heavy (non-hydrogen) atoms. The summed E-state index contributed by atoms with van der Waals surface area (Å²) in [6.07, 6.45) is 7.23. The number of ether oxygens (including phenoxy) is 2. The van der Waals surface area contributed by atoms with Gasteiger partial charge in [0, 0.05) is 50.5 Å². The Labute approximate surface area is 317 Å². The van der Waals surface area contributed by atoms with Crippen molar-refractivity contribution in [3.05, 3.63) is 52.1 Å². The molecule has 1 unspecified atom stereocenters. The van der Waals surface area contributed by atoms with Crippen molar-refractivity contribution in [2.45, 2.75) is 135 Å². The van der Waals surface area contributed by atoms with E-state index in [-0.39, 0.29) is 50.0 Å². The summed E-state index contributed by atoms with van der Waals surface area (Å²) < 4.78 is 12.2. The van der Waals surface area contributed by atoms with Crippen LogP contribution in [0.4, 0.5) is 20.2 Å². The van der Waals surface area contributed by atoms with E-state index < -0.39 is 34.6 Å². The lowest BCUT2D eigenvalue weighted by molar-refractivity contribution is -0.138. The molecule has 15 nitrogen and oxygen atoms in total. The Hall–Kier alpha value is -4.66. The van der Waals surface area contributed by atoms with Gasteiger partial charge >= 0.3 is 23.9 Å². The molecule has 2 aliphatic carbocycles. The number of nitrogens with one attached hydrogen (secondary N) is 4. The first kappa shape index (κ1) is 40.5. The molecule has 5 amide bonds. The zero-order chi connectivity index (χ0) is 39.4. The van der Waals surface area contributed by atoms with Gasteiger partial charge in [0.2, 0.25) is 5.91 Å². The van der Waals surface area contributed by atoms with E-state index in [1.807, 2.05) is 32.9 Å². The van der Waals surface area contributed by atoms with Crippen LogP contribution < -0.4 is 27.0 Å². The summed E-state index contributed by atoms with van der Waals surface area (Å²) in [4.78, 5) is 71.1. The first-order valence-corrected chi connectivity index (χ1v) is 19.1. The van der Waals surface area contributed by atoms with E-state index in [9.17, 15) is 24.0 Å². The van der Waals surface area contributed by atoms with Crippen LogP contribution in [0.1, 0.15) is 98.6 Å². The molecular weight excluding hydrogens is 692 g/mol. The minimum atomic E-state index is -1.19. The van der Waals surface area contributed by atoms with Crippen LogP contribution in [0.15, 0.2) is 35.3 Å². The number of carbonyl (C=O) groups is 4. The molecule has 5 rings (SSSR count). The molecular formula is C39H58N8O7. The molecule has 1 saturated heterocycles. The number of nitrogens with zero attached hydrogens (tertiary/aromatic N) is 4. The number of hydrogen-bond acceptors (Lipinski definition) is 9. The number of benzene rings is 1. The van der Waals surface area contributed by atoms with Gasteiger partial charge < -0.3 is 35.2 Å². The first-order valence-electron chi connectivity index (χ1n) is 19.1. The van der Waals surface area contributed by atoms with Crippen LogP contribution >= 0.6 is 0 Å². The predicted octanol–water partition coefficient (Wildman–Crippen LogP) is 4.49. The number of aromatic nitrogens is 2. The van der Waals surface area contributed by atoms with Gasteiger partial charge in [-0.05, 0) is 130 Å². The van der Waals surface area contributed by atoms with E-state index in [4.69, 9.17) is 9.47 Å². The lowest BCUT2D eigenvalue weighted by atomic mass is 9.85. The lowest BCUT2D eigenvalue weighted by Gasteiger charge is -2.38. The van der Waals surface area contributed by atoms with Gasteiger partial charge in [-0.1, -0.05) is 6.07 Å². The fourth-order valence-electron chi connectivity index (χ4n) is 7.22. The summed E-state index contributed by atoms with van der Waals surface area (Å²) in [6, 6.07) is 8.17. The highest BCUT2D eigenvalue weighted by Gasteiger charge is 2.37. The van der Waals surface area contributed by atoms with Gasteiger partial charge in [-0.15, -0.1) is 0 Å². The summed E-state index contributed by atoms with van der Waals surface area (Å²) in [5, 5.41) is 12.2. The first-order chi connectivity index (χ1) is 25.2. The quantitative estimate of drug-likeness (QED) is 0.318. The minimum absolute atomic E-state index is 0.141. The van der Waals surface area contributed by atoms with Crippen LogP contribution in [-0.2, 0) is 27.1 Å². The van der Waals surface area contributed by atoms with Crippen molar-refractivity contribution < 1.29 is 28.7 Å². The number of anilines is 1. The number of urea groups is 1. The Morgan fingerprint density at radius 2 is 1.35 bits per heavy atom. The second kappa shape index (κ2) is 16.4. The largest absolute Gasteiger partial charge is 0.444 e. The SMILES string of the molecule is CC(C)(C)OC(=O)NC(C)(C)C(=O)N1CCN(C(=O)Nc2ccn(-c3ccc4c(c3)CCC(N[C@H]3CC[C@H](NC(=O)OC(C)(C)C)CC3)C4)c(=O)n2)CC1. The van der Waals surface area contributed by atoms with Crippen molar-refractivity contribution in [3.63, 3.8) is 0 Å². The molecule has 0 spiro atoms. The number of piperazine rings is 1. The number of aryl methyl sites for hydroxylation is 1. The molecule has 1 aromatic carbocycles. The van der Waals surface area contributed by atoms with Crippen molar-refractivity contribution in [1.29, 1.82) is 0 Å². The van der Waals surface area contributed by atoms with Crippen molar-refractivity contribution in [2.75, 3.05) is 31.5 Å². The van der Waals surface area contributed by atoms with Crippen LogP contribution in [0.3, 0.4) is 0 Å². The van der Waals surface area contributed by atoms with E-state index in [2.05, 4.69) is 32.3 Å². The molecule has 296 valence electrons. The molecule has 0 bridgehead atoms. The zero-order valence-corrected chi connectivity index (χ0v) is 33.0. The van der Waals surface area contributed by atoms with Gasteiger partial charge in [0.15, 0.2) is 0 Å². The molecule has 2 heterocycles. The van der Waals surface area contributed by atoms with Crippen molar-refractivity contribution in [1.82, 2.24) is 35.3 Å². The van der Waals surface area contributed by atoms with Crippen molar-refractivity contribution >= 4 is 29.9 Å². The maximum Gasteiger partial charge on any atom is 0.408 e. The Kier molecular flexibility index (Phi) is 12.3. The molecule has 2 aromatic rings. The second-order valence-corrected chi connectivity index (χ2v) is 17.2. The maximum atomic E-state index is 13.2. The third-order valence-electron chi connectivity index (χ3n) is 9.86. The number of amides is 5. The molecule has 2 fully saturated rings. The summed E-state index contributed by atoms with van der Waals surface area (Å²) >= 11 is 0. The van der Waals surface area contributed by atoms with Crippen LogP contribution in [0.2, 0.25) is 0 Å². The van der Waals surface area contributed by atoms with Gasteiger partial charge in [0.05, 0.1) is 5.69 Å². The van der Waals surface area contributed by atoms with Crippen molar-refractivity contribution in [2.24, 2.45) is 0 Å². The van der Waals surface area contributed by atoms with Crippen molar-refractivity contribution in [3.8, 4) is 5.69 Å². The zero-order valence-electron chi connectivity index (χ0n) is 33.0. The average molecular weight is 751 g/mol. The molecule has 1 saturated carbocycles. The maximum absolute atomic E-state index is 13.2. The fourth-order valence-corrected chi connectivity index (χ4v) is 7.22. The topological polar surface area (TPSA) is 176 Å². The molecule has 0 radical (unpaired) electrons. The molecule has 1 aromatic heterocycles. The average Bonchev–Trinajstić information content (AvgIpc) is 3.07. The van der Waals surface area contributed by atoms with Gasteiger partial charge in [-0.2, -0.15) is 4.98 Å². The summed E-state index contributed by atoms with van der Waals surface area (Å²) in [6.45, 7) is 15.2. The monoisotopic (exact) mass is 750 g/mol. The van der Waals surface area contributed by atoms with Gasteiger partial charge in [0.25, 0.3) is 0 Å². The van der Waals surface area contributed by atoms with Gasteiger partial charge in [-0.25, -0.2) is 19.2 Å². The van der Waals surface area contributed by atoms with E-state index in [1.54, 1.807) is 56.7 Å². The van der Waals surface area contributed by atoms with Gasteiger partial charge in [-0.3, -0.25) is 14.7 Å². The highest BCUT2D eigenvalue weighted by molar-refractivity contribution is 5.90.